The van der Waals surface area contributed by atoms with Gasteiger partial charge in [0.05, 0.1) is 5.88 Å². The van der Waals surface area contributed by atoms with Crippen LogP contribution in [0.2, 0.25) is 0 Å². The Bertz CT molecular complexity index is 833. The van der Waals surface area contributed by atoms with Crippen LogP contribution in [0.25, 0.3) is 0 Å². The number of carboxylic acid groups (broad SMARTS) is 1. The lowest BCUT2D eigenvalue weighted by molar-refractivity contribution is -0.150. The van der Waals surface area contributed by atoms with Crippen LogP contribution in [0, 0.1) is 0 Å². The minimum absolute atomic E-state index is 0.00893. The summed E-state index contributed by atoms with van der Waals surface area (Å²) in [4.78, 5) is 61.9. The second-order valence-electron chi connectivity index (χ2n) is 6.97. The van der Waals surface area contributed by atoms with Crippen LogP contribution in [-0.4, -0.2) is 83.0 Å². The molecule has 3 atom stereocenters. The summed E-state index contributed by atoms with van der Waals surface area (Å²) in [7, 11) is 1.35. The lowest BCUT2D eigenvalue weighted by Gasteiger charge is -2.27. The molecule has 31 heavy (non-hydrogen) atoms. The highest BCUT2D eigenvalue weighted by Crippen LogP contribution is 2.22. The van der Waals surface area contributed by atoms with Gasteiger partial charge >= 0.3 is 5.97 Å². The summed E-state index contributed by atoms with van der Waals surface area (Å²) in [5, 5.41) is 14.1. The number of carbonyl (C=O) groups is 5. The zero-order valence-electron chi connectivity index (χ0n) is 17.2. The second-order valence-corrected chi connectivity index (χ2v) is 7.97. The highest BCUT2D eigenvalue weighted by molar-refractivity contribution is 7.99. The molecule has 0 aliphatic carbocycles. The van der Waals surface area contributed by atoms with Crippen LogP contribution in [0.15, 0.2) is 30.3 Å². The zero-order chi connectivity index (χ0) is 23.0. The number of amides is 3. The second kappa shape index (κ2) is 11.5. The van der Waals surface area contributed by atoms with Crippen LogP contribution in [-0.2, 0) is 35.1 Å². The van der Waals surface area contributed by atoms with Gasteiger partial charge in [-0.1, -0.05) is 30.3 Å². The Kier molecular flexibility index (Phi) is 9.01. The first kappa shape index (κ1) is 24.4. The summed E-state index contributed by atoms with van der Waals surface area (Å²) >= 11 is 1.34. The number of ketones is 1. The van der Waals surface area contributed by atoms with Crippen LogP contribution >= 0.6 is 11.8 Å². The molecule has 3 N–H and O–H groups in total. The molecular weight excluding hydrogens is 426 g/mol. The maximum Gasteiger partial charge on any atom is 0.374 e. The van der Waals surface area contributed by atoms with Crippen molar-refractivity contribution in [2.24, 2.45) is 0 Å². The van der Waals surface area contributed by atoms with Gasteiger partial charge in [-0.15, -0.1) is 11.8 Å². The topological polar surface area (TPSA) is 142 Å². The van der Waals surface area contributed by atoms with E-state index < -0.39 is 47.6 Å². The average molecular weight is 452 g/mol. The molecule has 1 aromatic carbocycles. The number of ether oxygens (including phenoxy) is 1. The van der Waals surface area contributed by atoms with Crippen LogP contribution in [0.1, 0.15) is 12.5 Å². The fourth-order valence-corrected chi connectivity index (χ4v) is 4.24. The quantitative estimate of drug-likeness (QED) is 0.401. The van der Waals surface area contributed by atoms with Crippen molar-refractivity contribution in [2.45, 2.75) is 31.5 Å². The highest BCUT2D eigenvalue weighted by atomic mass is 32.2. The lowest BCUT2D eigenvalue weighted by atomic mass is 10.0. The van der Waals surface area contributed by atoms with E-state index in [0.29, 0.717) is 5.56 Å². The zero-order valence-corrected chi connectivity index (χ0v) is 18.0. The summed E-state index contributed by atoms with van der Waals surface area (Å²) in [6.07, 6.45) is 0.00893. The fraction of sp³-hybridized carbons (Fsp3) is 0.450. The van der Waals surface area contributed by atoms with Crippen molar-refractivity contribution in [3.8, 4) is 0 Å². The van der Waals surface area contributed by atoms with Gasteiger partial charge in [0.1, 0.15) is 24.7 Å². The van der Waals surface area contributed by atoms with E-state index in [2.05, 4.69) is 10.6 Å². The Morgan fingerprint density at radius 2 is 1.87 bits per heavy atom. The normalized spacial score (nSPS) is 17.5. The maximum atomic E-state index is 12.9. The number of methoxy groups -OCH3 is 1. The molecule has 0 spiro atoms. The predicted octanol–water partition coefficient (Wildman–Crippen LogP) is -0.580. The van der Waals surface area contributed by atoms with Crippen LogP contribution < -0.4 is 10.6 Å². The first-order chi connectivity index (χ1) is 14.7. The number of thioether (sulfide) groups is 1. The van der Waals surface area contributed by atoms with Gasteiger partial charge in [-0.25, -0.2) is 4.79 Å². The number of hydrogen-bond acceptors (Lipinski definition) is 7. The summed E-state index contributed by atoms with van der Waals surface area (Å²) in [5.74, 6) is -3.81. The van der Waals surface area contributed by atoms with E-state index in [1.165, 1.54) is 30.7 Å². The SMILES string of the molecule is COCC(=O)N[C@@H](C)C(=O)N1CSC[C@H]1C(=O)N[C@@H](Cc1ccccc1)C(=O)C(=O)O. The van der Waals surface area contributed by atoms with E-state index in [-0.39, 0.29) is 24.7 Å². The van der Waals surface area contributed by atoms with Gasteiger partial charge < -0.3 is 25.4 Å². The van der Waals surface area contributed by atoms with E-state index in [4.69, 9.17) is 9.84 Å². The first-order valence-corrected chi connectivity index (χ1v) is 10.7. The van der Waals surface area contributed by atoms with Crippen LogP contribution in [0.4, 0.5) is 0 Å². The van der Waals surface area contributed by atoms with Gasteiger partial charge in [0.25, 0.3) is 5.78 Å². The molecule has 0 bridgehead atoms. The molecule has 2 rings (SSSR count). The minimum atomic E-state index is -1.65. The Balaban J connectivity index is 2.09. The van der Waals surface area contributed by atoms with Crippen molar-refractivity contribution in [1.82, 2.24) is 15.5 Å². The number of aliphatic carboxylic acids is 1. The molecule has 1 fully saturated rings. The third-order valence-electron chi connectivity index (χ3n) is 4.62. The van der Waals surface area contributed by atoms with Crippen molar-refractivity contribution in [2.75, 3.05) is 25.3 Å². The third-order valence-corrected chi connectivity index (χ3v) is 5.63. The first-order valence-electron chi connectivity index (χ1n) is 9.52. The van der Waals surface area contributed by atoms with E-state index >= 15 is 0 Å². The van der Waals surface area contributed by atoms with Crippen LogP contribution in [0.5, 0.6) is 0 Å². The molecule has 10 nitrogen and oxygen atoms in total. The Labute approximate surface area is 183 Å². The van der Waals surface area contributed by atoms with Crippen molar-refractivity contribution >= 4 is 41.2 Å². The van der Waals surface area contributed by atoms with Crippen molar-refractivity contribution in [3.05, 3.63) is 35.9 Å². The van der Waals surface area contributed by atoms with E-state index in [1.54, 1.807) is 30.3 Å². The maximum absolute atomic E-state index is 12.9. The molecule has 168 valence electrons. The van der Waals surface area contributed by atoms with E-state index in [1.807, 2.05) is 0 Å². The molecule has 0 radical (unpaired) electrons. The Hall–Kier alpha value is -2.92. The molecule has 1 heterocycles. The molecule has 0 unspecified atom stereocenters. The van der Waals surface area contributed by atoms with Gasteiger partial charge in [0, 0.05) is 19.3 Å². The molecule has 3 amide bonds. The molecule has 0 saturated carbocycles. The van der Waals surface area contributed by atoms with Crippen molar-refractivity contribution in [3.63, 3.8) is 0 Å². The standard InChI is InChI=1S/C20H25N3O7S/c1-12(21-16(24)9-30-2)19(27)23-11-31-10-15(23)18(26)22-14(17(25)20(28)29)8-13-6-4-3-5-7-13/h3-7,12,14-15H,8-11H2,1-2H3,(H,21,24)(H,22,26)(H,28,29)/t12-,14-,15-/m0/s1. The predicted molar refractivity (Wildman–Crippen MR) is 112 cm³/mol. The number of nitrogens with one attached hydrogen (secondary N) is 2. The van der Waals surface area contributed by atoms with Crippen molar-refractivity contribution < 1.29 is 33.8 Å². The van der Waals surface area contributed by atoms with Gasteiger partial charge in [-0.3, -0.25) is 19.2 Å². The average Bonchev–Trinajstić information content (AvgIpc) is 3.22. The number of nitrogens with zero attached hydrogens (tertiary/aromatic N) is 1. The largest absolute Gasteiger partial charge is 0.475 e. The van der Waals surface area contributed by atoms with E-state index in [9.17, 15) is 24.0 Å². The highest BCUT2D eigenvalue weighted by Gasteiger charge is 2.38. The summed E-state index contributed by atoms with van der Waals surface area (Å²) in [5.41, 5.74) is 0.686. The smallest absolute Gasteiger partial charge is 0.374 e. The molecule has 1 aliphatic rings. The lowest BCUT2D eigenvalue weighted by Crippen LogP contribution is -2.56. The monoisotopic (exact) mass is 451 g/mol. The molecular formula is C20H25N3O7S. The van der Waals surface area contributed by atoms with Gasteiger partial charge in [0.15, 0.2) is 0 Å². The minimum Gasteiger partial charge on any atom is -0.475 e. The molecule has 1 aromatic rings. The summed E-state index contributed by atoms with van der Waals surface area (Å²) in [6, 6.07) is 5.67. The number of rotatable bonds is 10. The number of carboxylic acids is 1. The Morgan fingerprint density at radius 1 is 1.19 bits per heavy atom. The molecule has 1 aliphatic heterocycles. The Morgan fingerprint density at radius 3 is 2.48 bits per heavy atom. The van der Waals surface area contributed by atoms with Gasteiger partial charge in [-0.05, 0) is 12.5 Å². The number of hydrogen-bond donors (Lipinski definition) is 3. The molecule has 0 aromatic heterocycles. The third kappa shape index (κ3) is 6.79. The van der Waals surface area contributed by atoms with Crippen molar-refractivity contribution in [1.29, 1.82) is 0 Å². The van der Waals surface area contributed by atoms with E-state index in [0.717, 1.165) is 0 Å². The van der Waals surface area contributed by atoms with Crippen LogP contribution in [0.3, 0.4) is 0 Å². The number of Topliss-reactive ketones (excluding diaryl/α,β-unsaturated/α-hetero) is 1. The fourth-order valence-electron chi connectivity index (χ4n) is 3.08. The summed E-state index contributed by atoms with van der Waals surface area (Å²) < 4.78 is 4.72. The van der Waals surface area contributed by atoms with Gasteiger partial charge in [-0.2, -0.15) is 0 Å². The van der Waals surface area contributed by atoms with Gasteiger partial charge in [0.2, 0.25) is 17.7 Å². The molecule has 1 saturated heterocycles. The molecule has 11 heteroatoms. The number of carbonyl (C=O) groups excluding carboxylic acids is 4. The number of benzene rings is 1. The summed E-state index contributed by atoms with van der Waals surface area (Å²) in [6.45, 7) is 1.30.